The number of carboxylic acids is 1. The van der Waals surface area contributed by atoms with E-state index in [0.717, 1.165) is 14.1 Å². The van der Waals surface area contributed by atoms with Gasteiger partial charge in [0.1, 0.15) is 10.7 Å². The van der Waals surface area contributed by atoms with Crippen molar-refractivity contribution < 1.29 is 44.7 Å². The molecule has 0 radical (unpaired) electrons. The van der Waals surface area contributed by atoms with Crippen molar-refractivity contribution in [2.45, 2.75) is 17.0 Å². The molecule has 0 fully saturated rings. The van der Waals surface area contributed by atoms with Crippen LogP contribution in [0.25, 0.3) is 0 Å². The zero-order valence-corrected chi connectivity index (χ0v) is 12.3. The molecule has 0 spiro atoms. The predicted molar refractivity (Wildman–Crippen MR) is 64.2 cm³/mol. The summed E-state index contributed by atoms with van der Waals surface area (Å²) in [5.41, 5.74) is -3.86. The molecule has 0 heterocycles. The van der Waals surface area contributed by atoms with Crippen LogP contribution < -0.4 is 0 Å². The first-order chi connectivity index (χ1) is 10.1. The van der Waals surface area contributed by atoms with Crippen LogP contribution in [-0.4, -0.2) is 44.1 Å². The lowest BCUT2D eigenvalue weighted by atomic mass is 10.0. The molecule has 1 aromatic carbocycles. The summed E-state index contributed by atoms with van der Waals surface area (Å²) in [6.45, 7) is 0. The molecule has 0 saturated heterocycles. The number of sulfonamides is 1. The maximum Gasteiger partial charge on any atom is 0.458 e. The number of alkyl halides is 5. The fourth-order valence-electron chi connectivity index (χ4n) is 1.54. The minimum absolute atomic E-state index is 0.0675. The van der Waals surface area contributed by atoms with Gasteiger partial charge in [-0.3, -0.25) is 0 Å². The standard InChI is InChI=1S/C11H9F6NO4S/c1-18(2)23(21,22)8-3-5(9(19)20)6(4-7(8)12)10(13,14)11(15,16)17/h3-4H,1-2H3,(H,19,20). The molecular weight excluding hydrogens is 356 g/mol. The molecule has 0 aromatic heterocycles. The Morgan fingerprint density at radius 1 is 1.13 bits per heavy atom. The molecule has 12 heteroatoms. The number of nitrogens with zero attached hydrogens (tertiary/aromatic N) is 1. The third kappa shape index (κ3) is 3.27. The van der Waals surface area contributed by atoms with Gasteiger partial charge in [0.15, 0.2) is 0 Å². The van der Waals surface area contributed by atoms with E-state index in [1.54, 1.807) is 0 Å². The molecule has 0 unspecified atom stereocenters. The van der Waals surface area contributed by atoms with Crippen LogP contribution in [-0.2, 0) is 15.9 Å². The van der Waals surface area contributed by atoms with E-state index in [9.17, 15) is 39.6 Å². The summed E-state index contributed by atoms with van der Waals surface area (Å²) >= 11 is 0. The van der Waals surface area contributed by atoms with Crippen molar-refractivity contribution in [3.63, 3.8) is 0 Å². The Bertz CT molecular complexity index is 742. The number of benzene rings is 1. The second-order valence-corrected chi connectivity index (χ2v) is 6.61. The summed E-state index contributed by atoms with van der Waals surface area (Å²) in [7, 11) is -2.72. The third-order valence-corrected chi connectivity index (χ3v) is 4.59. The maximum atomic E-state index is 13.8. The van der Waals surface area contributed by atoms with Crippen LogP contribution in [0.3, 0.4) is 0 Å². The number of halogens is 6. The third-order valence-electron chi connectivity index (χ3n) is 2.76. The van der Waals surface area contributed by atoms with E-state index < -0.39 is 56.0 Å². The highest BCUT2D eigenvalue weighted by molar-refractivity contribution is 7.89. The molecule has 5 nitrogen and oxygen atoms in total. The van der Waals surface area contributed by atoms with Crippen molar-refractivity contribution in [3.05, 3.63) is 29.1 Å². The van der Waals surface area contributed by atoms with Crippen LogP contribution in [0.4, 0.5) is 26.3 Å². The van der Waals surface area contributed by atoms with Gasteiger partial charge >= 0.3 is 18.1 Å². The Morgan fingerprint density at radius 3 is 1.96 bits per heavy atom. The Morgan fingerprint density at radius 2 is 1.61 bits per heavy atom. The van der Waals surface area contributed by atoms with Gasteiger partial charge in [0, 0.05) is 19.7 Å². The van der Waals surface area contributed by atoms with Gasteiger partial charge in [-0.25, -0.2) is 21.9 Å². The van der Waals surface area contributed by atoms with Gasteiger partial charge < -0.3 is 5.11 Å². The lowest BCUT2D eigenvalue weighted by Gasteiger charge is -2.22. The average molecular weight is 365 g/mol. The number of hydrogen-bond donors (Lipinski definition) is 1. The summed E-state index contributed by atoms with van der Waals surface area (Å²) in [5, 5.41) is 8.78. The predicted octanol–water partition coefficient (Wildman–Crippen LogP) is 2.43. The molecule has 0 aliphatic heterocycles. The molecular formula is C11H9F6NO4S. The van der Waals surface area contributed by atoms with Gasteiger partial charge in [0.2, 0.25) is 10.0 Å². The number of rotatable bonds is 4. The number of aromatic carboxylic acids is 1. The van der Waals surface area contributed by atoms with E-state index in [1.807, 2.05) is 0 Å². The quantitative estimate of drug-likeness (QED) is 0.832. The van der Waals surface area contributed by atoms with Crippen molar-refractivity contribution in [2.75, 3.05) is 14.1 Å². The Kier molecular flexibility index (Phi) is 4.74. The lowest BCUT2D eigenvalue weighted by molar-refractivity contribution is -0.289. The fourth-order valence-corrected chi connectivity index (χ4v) is 2.50. The van der Waals surface area contributed by atoms with Crippen LogP contribution in [0.1, 0.15) is 15.9 Å². The largest absolute Gasteiger partial charge is 0.478 e. The first kappa shape index (κ1) is 19.2. The zero-order valence-electron chi connectivity index (χ0n) is 11.4. The molecule has 1 N–H and O–H groups in total. The lowest BCUT2D eigenvalue weighted by Crippen LogP contribution is -2.35. The van der Waals surface area contributed by atoms with E-state index in [4.69, 9.17) is 5.11 Å². The summed E-state index contributed by atoms with van der Waals surface area (Å²) < 4.78 is 102. The fraction of sp³-hybridized carbons (Fsp3) is 0.364. The topological polar surface area (TPSA) is 74.7 Å². The molecule has 0 aliphatic rings. The highest BCUT2D eigenvalue weighted by Crippen LogP contribution is 2.45. The highest BCUT2D eigenvalue weighted by Gasteiger charge is 2.60. The molecule has 0 bridgehead atoms. The number of carboxylic acid groups (broad SMARTS) is 1. The van der Waals surface area contributed by atoms with Crippen LogP contribution in [0, 0.1) is 5.82 Å². The molecule has 0 saturated carbocycles. The summed E-state index contributed by atoms with van der Waals surface area (Å²) in [6, 6.07) is -0.505. The van der Waals surface area contributed by atoms with Gasteiger partial charge in [0.05, 0.1) is 5.56 Å². The first-order valence-corrected chi connectivity index (χ1v) is 7.02. The summed E-state index contributed by atoms with van der Waals surface area (Å²) in [4.78, 5) is 9.59. The molecule has 0 aliphatic carbocycles. The van der Waals surface area contributed by atoms with Crippen LogP contribution >= 0.6 is 0 Å². The summed E-state index contributed by atoms with van der Waals surface area (Å²) in [6.07, 6.45) is -6.19. The van der Waals surface area contributed by atoms with E-state index >= 15 is 0 Å². The first-order valence-electron chi connectivity index (χ1n) is 5.58. The van der Waals surface area contributed by atoms with Crippen molar-refractivity contribution in [3.8, 4) is 0 Å². The molecule has 23 heavy (non-hydrogen) atoms. The normalized spacial score (nSPS) is 13.4. The van der Waals surface area contributed by atoms with Crippen LogP contribution in [0.2, 0.25) is 0 Å². The molecule has 0 amide bonds. The van der Waals surface area contributed by atoms with Gasteiger partial charge in [-0.2, -0.15) is 22.0 Å². The van der Waals surface area contributed by atoms with Crippen LogP contribution in [0.5, 0.6) is 0 Å². The second kappa shape index (κ2) is 5.67. The van der Waals surface area contributed by atoms with Crippen molar-refractivity contribution >= 4 is 16.0 Å². The van der Waals surface area contributed by atoms with E-state index in [2.05, 4.69) is 0 Å². The minimum atomic E-state index is -6.19. The zero-order chi connectivity index (χ0) is 18.4. The van der Waals surface area contributed by atoms with Crippen molar-refractivity contribution in [1.82, 2.24) is 4.31 Å². The number of carbonyl (C=O) groups is 1. The van der Waals surface area contributed by atoms with Crippen molar-refractivity contribution in [2.24, 2.45) is 0 Å². The van der Waals surface area contributed by atoms with Gasteiger partial charge in [-0.1, -0.05) is 0 Å². The van der Waals surface area contributed by atoms with E-state index in [1.165, 1.54) is 0 Å². The SMILES string of the molecule is CN(C)S(=O)(=O)c1cc(C(=O)O)c(C(F)(F)C(F)(F)F)cc1F. The smallest absolute Gasteiger partial charge is 0.458 e. The summed E-state index contributed by atoms with van der Waals surface area (Å²) in [5.74, 6) is -9.87. The highest BCUT2D eigenvalue weighted by atomic mass is 32.2. The van der Waals surface area contributed by atoms with E-state index in [0.29, 0.717) is 4.31 Å². The molecule has 1 aromatic rings. The molecule has 1 rings (SSSR count). The Hall–Kier alpha value is -1.82. The minimum Gasteiger partial charge on any atom is -0.478 e. The Balaban J connectivity index is 3.81. The molecule has 130 valence electrons. The number of hydrogen-bond acceptors (Lipinski definition) is 3. The molecule has 0 atom stereocenters. The Labute approximate surface area is 126 Å². The monoisotopic (exact) mass is 365 g/mol. The van der Waals surface area contributed by atoms with Crippen LogP contribution in [0.15, 0.2) is 17.0 Å². The van der Waals surface area contributed by atoms with Gasteiger partial charge in [0.25, 0.3) is 0 Å². The van der Waals surface area contributed by atoms with Gasteiger partial charge in [-0.05, 0) is 12.1 Å². The average Bonchev–Trinajstić information content (AvgIpc) is 2.35. The maximum absolute atomic E-state index is 13.8. The second-order valence-electron chi connectivity index (χ2n) is 4.49. The van der Waals surface area contributed by atoms with E-state index in [-0.39, 0.29) is 6.07 Å². The van der Waals surface area contributed by atoms with Gasteiger partial charge in [-0.15, -0.1) is 0 Å². The van der Waals surface area contributed by atoms with Crippen molar-refractivity contribution in [1.29, 1.82) is 0 Å².